The van der Waals surface area contributed by atoms with Crippen LogP contribution in [0.5, 0.6) is 0 Å². The quantitative estimate of drug-likeness (QED) is 0.820. The fourth-order valence-corrected chi connectivity index (χ4v) is 1.85. The van der Waals surface area contributed by atoms with Gasteiger partial charge in [0.2, 0.25) is 0 Å². The molecule has 1 aliphatic rings. The summed E-state index contributed by atoms with van der Waals surface area (Å²) in [7, 11) is 0. The first-order valence-corrected chi connectivity index (χ1v) is 6.18. The second-order valence-corrected chi connectivity index (χ2v) is 5.35. The summed E-state index contributed by atoms with van der Waals surface area (Å²) in [5, 5.41) is 8.75. The number of urea groups is 1. The van der Waals surface area contributed by atoms with Crippen LogP contribution in [0.1, 0.15) is 27.2 Å². The van der Waals surface area contributed by atoms with Gasteiger partial charge in [0, 0.05) is 25.2 Å². The number of aliphatic carboxylic acids is 1. The molecule has 0 aromatic heterocycles. The zero-order valence-electron chi connectivity index (χ0n) is 11.3. The van der Waals surface area contributed by atoms with Crippen molar-refractivity contribution in [1.82, 2.24) is 9.80 Å². The molecule has 1 saturated heterocycles. The SMILES string of the molecule is CC(C)(C)N(CCC(=O)O)C(=O)N1CCOCC1. The molecule has 1 N–H and O–H groups in total. The first kappa shape index (κ1) is 14.8. The largest absolute Gasteiger partial charge is 0.481 e. The Hall–Kier alpha value is -1.30. The number of morpholine rings is 1. The molecule has 18 heavy (non-hydrogen) atoms. The summed E-state index contributed by atoms with van der Waals surface area (Å²) in [6.07, 6.45) is -0.0344. The van der Waals surface area contributed by atoms with Crippen LogP contribution < -0.4 is 0 Å². The molecule has 0 bridgehead atoms. The van der Waals surface area contributed by atoms with Gasteiger partial charge in [-0.3, -0.25) is 4.79 Å². The lowest BCUT2D eigenvalue weighted by Crippen LogP contribution is -2.54. The van der Waals surface area contributed by atoms with Gasteiger partial charge in [0.05, 0.1) is 19.6 Å². The second-order valence-electron chi connectivity index (χ2n) is 5.35. The van der Waals surface area contributed by atoms with Crippen molar-refractivity contribution < 1.29 is 19.4 Å². The summed E-state index contributed by atoms with van der Waals surface area (Å²) in [5.41, 5.74) is -0.384. The van der Waals surface area contributed by atoms with E-state index in [1.165, 1.54) is 0 Å². The van der Waals surface area contributed by atoms with Crippen molar-refractivity contribution in [2.24, 2.45) is 0 Å². The topological polar surface area (TPSA) is 70.1 Å². The van der Waals surface area contributed by atoms with Crippen LogP contribution in [0.4, 0.5) is 4.79 Å². The van der Waals surface area contributed by atoms with Crippen LogP contribution in [0.2, 0.25) is 0 Å². The third-order valence-corrected chi connectivity index (χ3v) is 2.87. The molecule has 0 radical (unpaired) electrons. The molecule has 1 aliphatic heterocycles. The van der Waals surface area contributed by atoms with Gasteiger partial charge in [0.1, 0.15) is 0 Å². The normalized spacial score (nSPS) is 16.5. The Bertz CT molecular complexity index is 306. The molecule has 0 saturated carbocycles. The average molecular weight is 258 g/mol. The van der Waals surface area contributed by atoms with Crippen molar-refractivity contribution in [1.29, 1.82) is 0 Å². The number of rotatable bonds is 3. The number of carbonyl (C=O) groups excluding carboxylic acids is 1. The molecule has 2 amide bonds. The third kappa shape index (κ3) is 4.18. The van der Waals surface area contributed by atoms with Crippen LogP contribution in [0, 0.1) is 0 Å². The lowest BCUT2D eigenvalue weighted by atomic mass is 10.1. The molecule has 0 spiro atoms. The van der Waals surface area contributed by atoms with Gasteiger partial charge in [-0.25, -0.2) is 4.79 Å². The van der Waals surface area contributed by atoms with Crippen LogP contribution in [0.15, 0.2) is 0 Å². The van der Waals surface area contributed by atoms with Crippen molar-refractivity contribution in [2.75, 3.05) is 32.8 Å². The van der Waals surface area contributed by atoms with E-state index in [0.29, 0.717) is 26.3 Å². The van der Waals surface area contributed by atoms with Crippen molar-refractivity contribution in [3.05, 3.63) is 0 Å². The Balaban J connectivity index is 2.68. The van der Waals surface area contributed by atoms with Gasteiger partial charge in [0.15, 0.2) is 0 Å². The van der Waals surface area contributed by atoms with Gasteiger partial charge in [-0.05, 0) is 20.8 Å². The molecule has 0 aliphatic carbocycles. The highest BCUT2D eigenvalue weighted by atomic mass is 16.5. The van der Waals surface area contributed by atoms with E-state index in [2.05, 4.69) is 0 Å². The van der Waals surface area contributed by atoms with E-state index in [1.807, 2.05) is 20.8 Å². The number of nitrogens with zero attached hydrogens (tertiary/aromatic N) is 2. The smallest absolute Gasteiger partial charge is 0.320 e. The second kappa shape index (κ2) is 6.04. The van der Waals surface area contributed by atoms with E-state index >= 15 is 0 Å². The van der Waals surface area contributed by atoms with E-state index in [-0.39, 0.29) is 24.5 Å². The molecular weight excluding hydrogens is 236 g/mol. The number of carbonyl (C=O) groups is 2. The highest BCUT2D eigenvalue weighted by Crippen LogP contribution is 2.17. The lowest BCUT2D eigenvalue weighted by Gasteiger charge is -2.40. The molecule has 1 heterocycles. The number of carboxylic acid groups (broad SMARTS) is 1. The Morgan fingerprint density at radius 2 is 1.83 bits per heavy atom. The molecule has 0 aromatic rings. The Kier molecular flexibility index (Phi) is 4.95. The maximum atomic E-state index is 12.4. The van der Waals surface area contributed by atoms with Crippen molar-refractivity contribution in [3.8, 4) is 0 Å². The van der Waals surface area contributed by atoms with E-state index in [4.69, 9.17) is 9.84 Å². The molecule has 1 rings (SSSR count). The maximum absolute atomic E-state index is 12.4. The zero-order chi connectivity index (χ0) is 13.8. The molecular formula is C12H22N2O4. The Morgan fingerprint density at radius 3 is 2.28 bits per heavy atom. The van der Waals surface area contributed by atoms with E-state index in [0.717, 1.165) is 0 Å². The molecule has 6 heteroatoms. The minimum absolute atomic E-state index is 0.0344. The highest BCUT2D eigenvalue weighted by molar-refractivity contribution is 5.76. The standard InChI is InChI=1S/C12H22N2O4/c1-12(2,3)14(5-4-10(15)16)11(17)13-6-8-18-9-7-13/h4-9H2,1-3H3,(H,15,16). The first-order valence-electron chi connectivity index (χ1n) is 6.18. The fourth-order valence-electron chi connectivity index (χ4n) is 1.85. The summed E-state index contributed by atoms with van der Waals surface area (Å²) in [6, 6.07) is -0.105. The first-order chi connectivity index (χ1) is 8.32. The summed E-state index contributed by atoms with van der Waals surface area (Å²) < 4.78 is 5.21. The molecule has 1 fully saturated rings. The van der Waals surface area contributed by atoms with Gasteiger partial charge < -0.3 is 19.6 Å². The predicted molar refractivity (Wildman–Crippen MR) is 66.5 cm³/mol. The van der Waals surface area contributed by atoms with Crippen LogP contribution >= 0.6 is 0 Å². The van der Waals surface area contributed by atoms with Crippen molar-refractivity contribution in [3.63, 3.8) is 0 Å². The van der Waals surface area contributed by atoms with E-state index in [9.17, 15) is 9.59 Å². The number of amides is 2. The summed E-state index contributed by atoms with van der Waals surface area (Å²) in [4.78, 5) is 26.4. The van der Waals surface area contributed by atoms with Gasteiger partial charge in [-0.2, -0.15) is 0 Å². The van der Waals surface area contributed by atoms with E-state index < -0.39 is 5.97 Å². The maximum Gasteiger partial charge on any atom is 0.320 e. The molecule has 6 nitrogen and oxygen atoms in total. The number of hydrogen-bond acceptors (Lipinski definition) is 3. The summed E-state index contributed by atoms with van der Waals surface area (Å²) >= 11 is 0. The fraction of sp³-hybridized carbons (Fsp3) is 0.833. The van der Waals surface area contributed by atoms with Gasteiger partial charge in [0.25, 0.3) is 0 Å². The number of hydrogen-bond donors (Lipinski definition) is 1. The Morgan fingerprint density at radius 1 is 1.28 bits per heavy atom. The Labute approximate surface area is 107 Å². The number of carboxylic acids is 1. The zero-order valence-corrected chi connectivity index (χ0v) is 11.3. The lowest BCUT2D eigenvalue weighted by molar-refractivity contribution is -0.137. The summed E-state index contributed by atoms with van der Waals surface area (Å²) in [6.45, 7) is 8.19. The van der Waals surface area contributed by atoms with Crippen molar-refractivity contribution in [2.45, 2.75) is 32.7 Å². The van der Waals surface area contributed by atoms with Crippen LogP contribution in [-0.2, 0) is 9.53 Å². The van der Waals surface area contributed by atoms with Crippen LogP contribution in [0.25, 0.3) is 0 Å². The van der Waals surface area contributed by atoms with Crippen LogP contribution in [-0.4, -0.2) is 65.3 Å². The molecule has 104 valence electrons. The van der Waals surface area contributed by atoms with Crippen molar-refractivity contribution >= 4 is 12.0 Å². The predicted octanol–water partition coefficient (Wildman–Crippen LogP) is 1.01. The van der Waals surface area contributed by atoms with Crippen LogP contribution in [0.3, 0.4) is 0 Å². The minimum atomic E-state index is -0.890. The average Bonchev–Trinajstić information content (AvgIpc) is 2.28. The van der Waals surface area contributed by atoms with E-state index in [1.54, 1.807) is 9.80 Å². The highest BCUT2D eigenvalue weighted by Gasteiger charge is 2.30. The molecule has 0 unspecified atom stereocenters. The molecule has 0 atom stereocenters. The minimum Gasteiger partial charge on any atom is -0.481 e. The number of ether oxygens (including phenoxy) is 1. The monoisotopic (exact) mass is 258 g/mol. The van der Waals surface area contributed by atoms with Gasteiger partial charge in [-0.15, -0.1) is 0 Å². The summed E-state index contributed by atoms with van der Waals surface area (Å²) in [5.74, 6) is -0.890. The van der Waals surface area contributed by atoms with Gasteiger partial charge in [-0.1, -0.05) is 0 Å². The molecule has 0 aromatic carbocycles. The van der Waals surface area contributed by atoms with Gasteiger partial charge >= 0.3 is 12.0 Å². The third-order valence-electron chi connectivity index (χ3n) is 2.87.